The van der Waals surface area contributed by atoms with Gasteiger partial charge in [-0.05, 0) is 25.8 Å². The van der Waals surface area contributed by atoms with Gasteiger partial charge >= 0.3 is 0 Å². The van der Waals surface area contributed by atoms with Crippen molar-refractivity contribution in [3.8, 4) is 0 Å². The number of carbonyl (C=O) groups is 1. The number of ether oxygens (including phenoxy) is 1. The lowest BCUT2D eigenvalue weighted by atomic mass is 9.97. The fraction of sp³-hybridized carbons (Fsp3) is 0.667. The monoisotopic (exact) mass is 235 g/mol. The van der Waals surface area contributed by atoms with Crippen LogP contribution in [-0.4, -0.2) is 45.9 Å². The van der Waals surface area contributed by atoms with E-state index in [-0.39, 0.29) is 5.91 Å². The normalized spacial score (nSPS) is 29.4. The van der Waals surface area contributed by atoms with Crippen molar-refractivity contribution in [2.75, 3.05) is 19.7 Å². The molecule has 0 spiro atoms. The number of hydrogen-bond donors (Lipinski definition) is 0. The van der Waals surface area contributed by atoms with Crippen LogP contribution in [0.4, 0.5) is 0 Å². The molecular weight excluding hydrogens is 218 g/mol. The molecule has 3 rings (SSSR count). The molecule has 5 heteroatoms. The summed E-state index contributed by atoms with van der Waals surface area (Å²) in [6.45, 7) is 4.11. The Morgan fingerprint density at radius 1 is 1.53 bits per heavy atom. The summed E-state index contributed by atoms with van der Waals surface area (Å²) in [5.41, 5.74) is -0.574. The molecule has 0 saturated carbocycles. The number of carbonyl (C=O) groups excluding carboxylic acids is 1. The van der Waals surface area contributed by atoms with Gasteiger partial charge < -0.3 is 9.64 Å². The lowest BCUT2D eigenvalue weighted by molar-refractivity contribution is -0.157. The molecule has 17 heavy (non-hydrogen) atoms. The van der Waals surface area contributed by atoms with Crippen LogP contribution in [0.2, 0.25) is 0 Å². The fourth-order valence-corrected chi connectivity index (χ4v) is 2.57. The predicted molar refractivity (Wildman–Crippen MR) is 61.4 cm³/mol. The summed E-state index contributed by atoms with van der Waals surface area (Å²) in [7, 11) is 0. The Balaban J connectivity index is 1.60. The Bertz CT molecular complexity index is 403. The molecule has 1 aromatic heterocycles. The van der Waals surface area contributed by atoms with Gasteiger partial charge in [0.25, 0.3) is 5.91 Å². The lowest BCUT2D eigenvalue weighted by Crippen LogP contribution is -2.57. The number of likely N-dealkylation sites (tertiary alicyclic amines) is 1. The van der Waals surface area contributed by atoms with E-state index in [0.717, 1.165) is 25.9 Å². The standard InChI is InChI=1S/C12H17N3O2/c1-12(4-2-7-17-12)11(16)14-8-10(9-14)15-6-3-5-13-15/h3,5-6,10H,2,4,7-9H2,1H3. The summed E-state index contributed by atoms with van der Waals surface area (Å²) in [5, 5.41) is 4.19. The van der Waals surface area contributed by atoms with Crippen molar-refractivity contribution < 1.29 is 9.53 Å². The van der Waals surface area contributed by atoms with Gasteiger partial charge in [0, 0.05) is 32.1 Å². The van der Waals surface area contributed by atoms with Crippen molar-refractivity contribution in [2.45, 2.75) is 31.4 Å². The van der Waals surface area contributed by atoms with E-state index in [1.165, 1.54) is 0 Å². The molecule has 2 fully saturated rings. The predicted octanol–water partition coefficient (Wildman–Crippen LogP) is 0.835. The number of nitrogens with zero attached hydrogens (tertiary/aromatic N) is 3. The molecular formula is C12H17N3O2. The third kappa shape index (κ3) is 1.74. The Morgan fingerprint density at radius 2 is 2.35 bits per heavy atom. The summed E-state index contributed by atoms with van der Waals surface area (Å²) in [5.74, 6) is 0.137. The van der Waals surface area contributed by atoms with Crippen LogP contribution in [0.25, 0.3) is 0 Å². The molecule has 1 unspecified atom stereocenters. The Kier molecular flexibility index (Phi) is 2.43. The van der Waals surface area contributed by atoms with Gasteiger partial charge in [-0.25, -0.2) is 0 Å². The molecule has 1 aromatic rings. The molecule has 5 nitrogen and oxygen atoms in total. The van der Waals surface area contributed by atoms with Crippen LogP contribution in [0.15, 0.2) is 18.5 Å². The van der Waals surface area contributed by atoms with Crippen LogP contribution in [0.1, 0.15) is 25.8 Å². The first kappa shape index (κ1) is 10.8. The average Bonchev–Trinajstić information content (AvgIpc) is 2.87. The van der Waals surface area contributed by atoms with Gasteiger partial charge in [0.05, 0.1) is 6.04 Å². The van der Waals surface area contributed by atoms with Crippen LogP contribution < -0.4 is 0 Å². The van der Waals surface area contributed by atoms with E-state index in [4.69, 9.17) is 4.74 Å². The van der Waals surface area contributed by atoms with Crippen LogP contribution in [-0.2, 0) is 9.53 Å². The van der Waals surface area contributed by atoms with Gasteiger partial charge in [0.2, 0.25) is 0 Å². The maximum atomic E-state index is 12.2. The molecule has 1 amide bonds. The van der Waals surface area contributed by atoms with Gasteiger partial charge in [-0.3, -0.25) is 9.48 Å². The molecule has 0 aliphatic carbocycles. The minimum Gasteiger partial charge on any atom is -0.365 e. The SMILES string of the molecule is CC1(C(=O)N2CC(n3cccn3)C2)CCCO1. The second-order valence-corrected chi connectivity index (χ2v) is 5.03. The Morgan fingerprint density at radius 3 is 2.94 bits per heavy atom. The number of hydrogen-bond acceptors (Lipinski definition) is 3. The van der Waals surface area contributed by atoms with E-state index in [1.807, 2.05) is 28.8 Å². The van der Waals surface area contributed by atoms with Crippen molar-refractivity contribution in [2.24, 2.45) is 0 Å². The molecule has 0 N–H and O–H groups in total. The maximum absolute atomic E-state index is 12.2. The fourth-order valence-electron chi connectivity index (χ4n) is 2.57. The van der Waals surface area contributed by atoms with E-state index >= 15 is 0 Å². The summed E-state index contributed by atoms with van der Waals surface area (Å²) in [6, 6.07) is 2.24. The summed E-state index contributed by atoms with van der Waals surface area (Å²) < 4.78 is 7.49. The summed E-state index contributed by atoms with van der Waals surface area (Å²) in [4.78, 5) is 14.1. The van der Waals surface area contributed by atoms with E-state index in [1.54, 1.807) is 6.20 Å². The topological polar surface area (TPSA) is 47.4 Å². The molecule has 2 aliphatic rings. The Labute approximate surface area is 100 Å². The minimum absolute atomic E-state index is 0.137. The van der Waals surface area contributed by atoms with Gasteiger partial charge in [0.15, 0.2) is 0 Å². The lowest BCUT2D eigenvalue weighted by Gasteiger charge is -2.42. The number of aromatic nitrogens is 2. The highest BCUT2D eigenvalue weighted by Crippen LogP contribution is 2.31. The highest BCUT2D eigenvalue weighted by molar-refractivity contribution is 5.85. The van der Waals surface area contributed by atoms with Crippen molar-refractivity contribution in [1.29, 1.82) is 0 Å². The zero-order chi connectivity index (χ0) is 11.9. The first-order valence-electron chi connectivity index (χ1n) is 6.11. The second kappa shape index (κ2) is 3.84. The van der Waals surface area contributed by atoms with E-state index in [2.05, 4.69) is 5.10 Å². The molecule has 2 aliphatic heterocycles. The highest BCUT2D eigenvalue weighted by Gasteiger charge is 2.44. The zero-order valence-corrected chi connectivity index (χ0v) is 10.0. The van der Waals surface area contributed by atoms with Crippen LogP contribution in [0.3, 0.4) is 0 Å². The highest BCUT2D eigenvalue weighted by atomic mass is 16.5. The molecule has 92 valence electrons. The van der Waals surface area contributed by atoms with Crippen LogP contribution in [0, 0.1) is 0 Å². The van der Waals surface area contributed by atoms with Crippen LogP contribution >= 0.6 is 0 Å². The molecule has 3 heterocycles. The first-order valence-corrected chi connectivity index (χ1v) is 6.11. The van der Waals surface area contributed by atoms with Crippen molar-refractivity contribution in [1.82, 2.24) is 14.7 Å². The van der Waals surface area contributed by atoms with Gasteiger partial charge in [-0.2, -0.15) is 5.10 Å². The molecule has 0 bridgehead atoms. The zero-order valence-electron chi connectivity index (χ0n) is 10.0. The quantitative estimate of drug-likeness (QED) is 0.763. The summed E-state index contributed by atoms with van der Waals surface area (Å²) in [6.07, 6.45) is 5.54. The smallest absolute Gasteiger partial charge is 0.254 e. The number of rotatable bonds is 2. The van der Waals surface area contributed by atoms with E-state index in [0.29, 0.717) is 12.6 Å². The second-order valence-electron chi connectivity index (χ2n) is 5.03. The molecule has 1 atom stereocenters. The largest absolute Gasteiger partial charge is 0.365 e. The minimum atomic E-state index is -0.574. The third-order valence-corrected chi connectivity index (χ3v) is 3.72. The first-order chi connectivity index (χ1) is 8.19. The molecule has 2 saturated heterocycles. The van der Waals surface area contributed by atoms with Crippen molar-refractivity contribution in [3.05, 3.63) is 18.5 Å². The van der Waals surface area contributed by atoms with E-state index < -0.39 is 5.60 Å². The van der Waals surface area contributed by atoms with Gasteiger partial charge in [-0.1, -0.05) is 0 Å². The maximum Gasteiger partial charge on any atom is 0.254 e. The van der Waals surface area contributed by atoms with Crippen molar-refractivity contribution >= 4 is 5.91 Å². The van der Waals surface area contributed by atoms with E-state index in [9.17, 15) is 4.79 Å². The van der Waals surface area contributed by atoms with Gasteiger partial charge in [0.1, 0.15) is 5.60 Å². The Hall–Kier alpha value is -1.36. The van der Waals surface area contributed by atoms with Crippen LogP contribution in [0.5, 0.6) is 0 Å². The summed E-state index contributed by atoms with van der Waals surface area (Å²) >= 11 is 0. The molecule has 0 aromatic carbocycles. The molecule has 0 radical (unpaired) electrons. The third-order valence-electron chi connectivity index (χ3n) is 3.72. The average molecular weight is 235 g/mol. The van der Waals surface area contributed by atoms with Crippen molar-refractivity contribution in [3.63, 3.8) is 0 Å². The van der Waals surface area contributed by atoms with Gasteiger partial charge in [-0.15, -0.1) is 0 Å². The number of amides is 1.